The van der Waals surface area contributed by atoms with Crippen LogP contribution >= 0.6 is 11.6 Å². The Balaban J connectivity index is 2.77. The lowest BCUT2D eigenvalue weighted by Crippen LogP contribution is -2.12. The molecule has 0 aliphatic carbocycles. The van der Waals surface area contributed by atoms with E-state index in [1.807, 2.05) is 0 Å². The summed E-state index contributed by atoms with van der Waals surface area (Å²) < 4.78 is 5.06. The monoisotopic (exact) mass is 243 g/mol. The summed E-state index contributed by atoms with van der Waals surface area (Å²) in [6, 6.07) is 4.81. The van der Waals surface area contributed by atoms with Gasteiger partial charge in [0.25, 0.3) is 0 Å². The highest BCUT2D eigenvalue weighted by Crippen LogP contribution is 2.25. The topological polar surface area (TPSA) is 72.5 Å². The zero-order valence-corrected chi connectivity index (χ0v) is 9.70. The molecular formula is C11H14ClNO3. The first-order valence-corrected chi connectivity index (χ1v) is 5.22. The van der Waals surface area contributed by atoms with Crippen LogP contribution in [0.25, 0.3) is 0 Å². The van der Waals surface area contributed by atoms with E-state index < -0.39 is 5.97 Å². The van der Waals surface area contributed by atoms with Crippen LogP contribution in [0.3, 0.4) is 0 Å². The maximum Gasteiger partial charge on any atom is 0.303 e. The number of carboxylic acids is 1. The lowest BCUT2D eigenvalue weighted by molar-refractivity contribution is -0.137. The van der Waals surface area contributed by atoms with E-state index in [4.69, 9.17) is 27.2 Å². The Morgan fingerprint density at radius 1 is 1.56 bits per heavy atom. The van der Waals surface area contributed by atoms with Crippen molar-refractivity contribution in [2.24, 2.45) is 5.73 Å². The Labute approximate surface area is 99.0 Å². The second-order valence-electron chi connectivity index (χ2n) is 3.46. The van der Waals surface area contributed by atoms with E-state index in [0.29, 0.717) is 17.2 Å². The van der Waals surface area contributed by atoms with Gasteiger partial charge in [0.15, 0.2) is 0 Å². The number of rotatable bonds is 5. The van der Waals surface area contributed by atoms with Gasteiger partial charge >= 0.3 is 5.97 Å². The summed E-state index contributed by atoms with van der Waals surface area (Å²) >= 11 is 5.88. The molecule has 88 valence electrons. The van der Waals surface area contributed by atoms with Crippen molar-refractivity contribution >= 4 is 17.6 Å². The summed E-state index contributed by atoms with van der Waals surface area (Å²) in [5.41, 5.74) is 6.64. The Morgan fingerprint density at radius 3 is 2.81 bits per heavy atom. The van der Waals surface area contributed by atoms with E-state index >= 15 is 0 Å². The van der Waals surface area contributed by atoms with Gasteiger partial charge in [0.05, 0.1) is 7.11 Å². The fraction of sp³-hybridized carbons (Fsp3) is 0.364. The minimum atomic E-state index is -0.857. The number of aliphatic carboxylic acids is 1. The van der Waals surface area contributed by atoms with E-state index in [2.05, 4.69) is 0 Å². The van der Waals surface area contributed by atoms with Crippen LogP contribution < -0.4 is 10.5 Å². The average molecular weight is 244 g/mol. The van der Waals surface area contributed by atoms with Gasteiger partial charge in [-0.25, -0.2) is 0 Å². The van der Waals surface area contributed by atoms with Crippen LogP contribution in [-0.4, -0.2) is 18.2 Å². The first-order valence-electron chi connectivity index (χ1n) is 4.84. The number of nitrogens with two attached hydrogens (primary N) is 1. The van der Waals surface area contributed by atoms with Crippen molar-refractivity contribution < 1.29 is 14.6 Å². The fourth-order valence-electron chi connectivity index (χ4n) is 1.36. The van der Waals surface area contributed by atoms with Crippen molar-refractivity contribution in [1.82, 2.24) is 0 Å². The summed E-state index contributed by atoms with van der Waals surface area (Å²) in [5, 5.41) is 9.09. The number of halogens is 1. The molecule has 1 atom stereocenters. The Morgan fingerprint density at radius 2 is 2.25 bits per heavy atom. The minimum Gasteiger partial charge on any atom is -0.497 e. The van der Waals surface area contributed by atoms with Gasteiger partial charge in [-0.2, -0.15) is 0 Å². The third-order valence-electron chi connectivity index (χ3n) is 2.23. The molecule has 0 amide bonds. The highest BCUT2D eigenvalue weighted by Gasteiger charge is 2.10. The van der Waals surface area contributed by atoms with Crippen molar-refractivity contribution in [1.29, 1.82) is 0 Å². The Kier molecular flexibility index (Phi) is 4.58. The molecule has 0 radical (unpaired) electrons. The van der Waals surface area contributed by atoms with Gasteiger partial charge in [0.2, 0.25) is 0 Å². The molecule has 0 fully saturated rings. The molecule has 0 bridgehead atoms. The summed E-state index contributed by atoms with van der Waals surface area (Å²) in [7, 11) is 1.54. The van der Waals surface area contributed by atoms with E-state index in [9.17, 15) is 4.79 Å². The van der Waals surface area contributed by atoms with Gasteiger partial charge in [0, 0.05) is 17.5 Å². The number of benzene rings is 1. The van der Waals surface area contributed by atoms with Crippen LogP contribution in [-0.2, 0) is 4.79 Å². The van der Waals surface area contributed by atoms with Crippen molar-refractivity contribution in [3.8, 4) is 5.75 Å². The van der Waals surface area contributed by atoms with E-state index in [1.54, 1.807) is 18.2 Å². The molecule has 0 aliphatic rings. The van der Waals surface area contributed by atoms with Crippen LogP contribution in [0, 0.1) is 0 Å². The van der Waals surface area contributed by atoms with E-state index in [-0.39, 0.29) is 12.5 Å². The van der Waals surface area contributed by atoms with Gasteiger partial charge in [-0.15, -0.1) is 0 Å². The van der Waals surface area contributed by atoms with Gasteiger partial charge in [-0.3, -0.25) is 4.79 Å². The highest BCUT2D eigenvalue weighted by atomic mass is 35.5. The zero-order valence-electron chi connectivity index (χ0n) is 8.94. The second kappa shape index (κ2) is 5.72. The predicted molar refractivity (Wildman–Crippen MR) is 61.8 cm³/mol. The molecule has 4 nitrogen and oxygen atoms in total. The number of ether oxygens (including phenoxy) is 1. The molecule has 1 aromatic rings. The van der Waals surface area contributed by atoms with Gasteiger partial charge in [0.1, 0.15) is 5.75 Å². The van der Waals surface area contributed by atoms with E-state index in [1.165, 1.54) is 7.11 Å². The molecular weight excluding hydrogens is 230 g/mol. The van der Waals surface area contributed by atoms with Crippen LogP contribution in [0.15, 0.2) is 18.2 Å². The molecule has 5 heteroatoms. The minimum absolute atomic E-state index is 0.0377. The van der Waals surface area contributed by atoms with Crippen LogP contribution in [0.4, 0.5) is 0 Å². The Hall–Kier alpha value is -1.26. The molecule has 1 rings (SSSR count). The van der Waals surface area contributed by atoms with Crippen molar-refractivity contribution in [2.45, 2.75) is 18.9 Å². The number of hydrogen-bond acceptors (Lipinski definition) is 3. The molecule has 1 aromatic carbocycles. The normalized spacial score (nSPS) is 12.2. The molecule has 3 N–H and O–H groups in total. The van der Waals surface area contributed by atoms with Crippen LogP contribution in [0.1, 0.15) is 24.4 Å². The smallest absolute Gasteiger partial charge is 0.303 e. The largest absolute Gasteiger partial charge is 0.497 e. The van der Waals surface area contributed by atoms with E-state index in [0.717, 1.165) is 5.56 Å². The number of carboxylic acid groups (broad SMARTS) is 1. The maximum atomic E-state index is 10.4. The van der Waals surface area contributed by atoms with Gasteiger partial charge < -0.3 is 15.6 Å². The summed E-state index contributed by atoms with van der Waals surface area (Å²) in [6.45, 7) is 0. The van der Waals surface area contributed by atoms with Gasteiger partial charge in [-0.05, 0) is 30.2 Å². The summed E-state index contributed by atoms with van der Waals surface area (Å²) in [6.07, 6.45) is 0.412. The summed E-state index contributed by atoms with van der Waals surface area (Å²) in [5.74, 6) is -0.238. The van der Waals surface area contributed by atoms with Crippen molar-refractivity contribution in [2.75, 3.05) is 7.11 Å². The predicted octanol–water partition coefficient (Wildman–Crippen LogP) is 2.21. The standard InChI is InChI=1S/C11H14ClNO3/c1-16-9-5-7(4-8(12)6-9)10(13)2-3-11(14)15/h4-6,10H,2-3,13H2,1H3,(H,14,15). The number of hydrogen-bond donors (Lipinski definition) is 2. The SMILES string of the molecule is COc1cc(Cl)cc(C(N)CCC(=O)O)c1. The third kappa shape index (κ3) is 3.72. The maximum absolute atomic E-state index is 10.4. The fourth-order valence-corrected chi connectivity index (χ4v) is 1.60. The van der Waals surface area contributed by atoms with Crippen molar-refractivity contribution in [3.05, 3.63) is 28.8 Å². The molecule has 0 saturated heterocycles. The first-order chi connectivity index (χ1) is 7.52. The lowest BCUT2D eigenvalue weighted by Gasteiger charge is -2.12. The molecule has 0 saturated carbocycles. The quantitative estimate of drug-likeness (QED) is 0.832. The van der Waals surface area contributed by atoms with Crippen molar-refractivity contribution in [3.63, 3.8) is 0 Å². The molecule has 1 unspecified atom stereocenters. The molecule has 0 heterocycles. The average Bonchev–Trinajstić information content (AvgIpc) is 2.24. The molecule has 0 spiro atoms. The lowest BCUT2D eigenvalue weighted by atomic mass is 10.0. The second-order valence-corrected chi connectivity index (χ2v) is 3.90. The molecule has 0 aromatic heterocycles. The third-order valence-corrected chi connectivity index (χ3v) is 2.44. The van der Waals surface area contributed by atoms with Gasteiger partial charge in [-0.1, -0.05) is 11.6 Å². The number of carbonyl (C=O) groups is 1. The summed E-state index contributed by atoms with van der Waals surface area (Å²) in [4.78, 5) is 10.4. The van der Waals surface area contributed by atoms with Crippen LogP contribution in [0.5, 0.6) is 5.75 Å². The number of methoxy groups -OCH3 is 1. The van der Waals surface area contributed by atoms with Crippen LogP contribution in [0.2, 0.25) is 5.02 Å². The highest BCUT2D eigenvalue weighted by molar-refractivity contribution is 6.30. The zero-order chi connectivity index (χ0) is 12.1. The molecule has 16 heavy (non-hydrogen) atoms. The molecule has 0 aliphatic heterocycles. The first kappa shape index (κ1) is 12.8. The Bertz CT molecular complexity index is 381.